The summed E-state index contributed by atoms with van der Waals surface area (Å²) >= 11 is 0. The van der Waals surface area contributed by atoms with E-state index in [-0.39, 0.29) is 5.78 Å². The van der Waals surface area contributed by atoms with Crippen LogP contribution in [0.4, 0.5) is 0 Å². The fourth-order valence-electron chi connectivity index (χ4n) is 2.16. The summed E-state index contributed by atoms with van der Waals surface area (Å²) in [4.78, 5) is 11.5. The fourth-order valence-corrected chi connectivity index (χ4v) is 2.16. The molecule has 3 heteroatoms. The van der Waals surface area contributed by atoms with Crippen LogP contribution in [0.5, 0.6) is 11.5 Å². The van der Waals surface area contributed by atoms with Gasteiger partial charge >= 0.3 is 0 Å². The van der Waals surface area contributed by atoms with Crippen molar-refractivity contribution in [3.8, 4) is 11.5 Å². The quantitative estimate of drug-likeness (QED) is 0.784. The van der Waals surface area contributed by atoms with Crippen LogP contribution in [0.2, 0.25) is 0 Å². The summed E-state index contributed by atoms with van der Waals surface area (Å²) in [6.07, 6.45) is 1.64. The first kappa shape index (κ1) is 14.9. The molecule has 0 aliphatic rings. The van der Waals surface area contributed by atoms with Gasteiger partial charge < -0.3 is 9.47 Å². The maximum absolute atomic E-state index is 11.5. The zero-order chi connectivity index (χ0) is 15.2. The number of ether oxygens (including phenoxy) is 2. The third-order valence-corrected chi connectivity index (χ3v) is 3.13. The molecule has 0 unspecified atom stereocenters. The van der Waals surface area contributed by atoms with E-state index in [1.54, 1.807) is 27.2 Å². The Morgan fingerprint density at radius 3 is 2.14 bits per heavy atom. The molecule has 0 radical (unpaired) electrons. The van der Waals surface area contributed by atoms with Crippen molar-refractivity contribution in [2.75, 3.05) is 14.2 Å². The van der Waals surface area contributed by atoms with Gasteiger partial charge in [0.2, 0.25) is 0 Å². The molecule has 0 N–H and O–H groups in total. The minimum atomic E-state index is 0.00337. The summed E-state index contributed by atoms with van der Waals surface area (Å²) in [6, 6.07) is 15.4. The highest BCUT2D eigenvalue weighted by molar-refractivity contribution is 5.99. The van der Waals surface area contributed by atoms with Crippen LogP contribution < -0.4 is 9.47 Å². The van der Waals surface area contributed by atoms with Crippen molar-refractivity contribution in [3.63, 3.8) is 0 Å². The van der Waals surface area contributed by atoms with Gasteiger partial charge in [-0.3, -0.25) is 4.79 Å². The number of carbonyl (C=O) groups excluding carboxylic acids is 1. The number of hydrogen-bond acceptors (Lipinski definition) is 3. The summed E-state index contributed by atoms with van der Waals surface area (Å²) in [6.45, 7) is 1.55. The standard InChI is InChI=1S/C18H18O3/c1-13(19)11-16(14-7-5-4-6-8-14)15-9-10-17(20-2)18(12-15)21-3/h4-12H,1-3H3/b16-11+. The summed E-state index contributed by atoms with van der Waals surface area (Å²) in [7, 11) is 3.19. The molecule has 2 rings (SSSR count). The Bertz CT molecular complexity index is 657. The second-order valence-corrected chi connectivity index (χ2v) is 4.60. The second-order valence-electron chi connectivity index (χ2n) is 4.60. The number of ketones is 1. The topological polar surface area (TPSA) is 35.5 Å². The van der Waals surface area contributed by atoms with Gasteiger partial charge in [-0.25, -0.2) is 0 Å². The smallest absolute Gasteiger partial charge is 0.161 e. The van der Waals surface area contributed by atoms with E-state index in [0.717, 1.165) is 16.7 Å². The van der Waals surface area contributed by atoms with Gasteiger partial charge in [-0.05, 0) is 41.8 Å². The normalized spacial score (nSPS) is 11.1. The number of carbonyl (C=O) groups is 1. The molecule has 0 saturated heterocycles. The molecule has 0 spiro atoms. The number of allylic oxidation sites excluding steroid dienone is 1. The molecule has 2 aromatic carbocycles. The van der Waals surface area contributed by atoms with Crippen molar-refractivity contribution < 1.29 is 14.3 Å². The van der Waals surface area contributed by atoms with Gasteiger partial charge in [0.15, 0.2) is 17.3 Å². The average Bonchev–Trinajstić information content (AvgIpc) is 2.52. The first-order chi connectivity index (χ1) is 10.2. The Morgan fingerprint density at radius 1 is 0.905 bits per heavy atom. The Kier molecular flexibility index (Phi) is 4.77. The van der Waals surface area contributed by atoms with Crippen LogP contribution in [0, 0.1) is 0 Å². The molecule has 108 valence electrons. The Hall–Kier alpha value is -2.55. The lowest BCUT2D eigenvalue weighted by Gasteiger charge is -2.12. The highest BCUT2D eigenvalue weighted by Crippen LogP contribution is 2.32. The number of benzene rings is 2. The Balaban J connectivity index is 2.55. The van der Waals surface area contributed by atoms with E-state index in [1.807, 2.05) is 48.5 Å². The SMILES string of the molecule is COc1ccc(/C(=C/C(C)=O)c2ccccc2)cc1OC. The predicted molar refractivity (Wildman–Crippen MR) is 83.7 cm³/mol. The first-order valence-electron chi connectivity index (χ1n) is 6.65. The van der Waals surface area contributed by atoms with Crippen LogP contribution >= 0.6 is 0 Å². The van der Waals surface area contributed by atoms with Crippen molar-refractivity contribution in [1.82, 2.24) is 0 Å². The largest absolute Gasteiger partial charge is 0.493 e. The molecular weight excluding hydrogens is 264 g/mol. The average molecular weight is 282 g/mol. The van der Waals surface area contributed by atoms with Crippen molar-refractivity contribution in [3.05, 3.63) is 65.7 Å². The van der Waals surface area contributed by atoms with Crippen LogP contribution in [0.25, 0.3) is 5.57 Å². The fraction of sp³-hybridized carbons (Fsp3) is 0.167. The molecule has 0 bridgehead atoms. The summed E-state index contributed by atoms with van der Waals surface area (Å²) in [5, 5.41) is 0. The lowest BCUT2D eigenvalue weighted by molar-refractivity contribution is -0.112. The zero-order valence-corrected chi connectivity index (χ0v) is 12.4. The van der Waals surface area contributed by atoms with Gasteiger partial charge in [0.1, 0.15) is 0 Å². The van der Waals surface area contributed by atoms with Crippen LogP contribution in [0.3, 0.4) is 0 Å². The van der Waals surface area contributed by atoms with Crippen LogP contribution in [-0.2, 0) is 4.79 Å². The molecule has 0 atom stereocenters. The van der Waals surface area contributed by atoms with Crippen molar-refractivity contribution in [2.24, 2.45) is 0 Å². The third kappa shape index (κ3) is 3.51. The lowest BCUT2D eigenvalue weighted by Crippen LogP contribution is -1.95. The Labute approximate surface area is 124 Å². The first-order valence-corrected chi connectivity index (χ1v) is 6.65. The van der Waals surface area contributed by atoms with E-state index in [0.29, 0.717) is 11.5 Å². The molecule has 2 aromatic rings. The van der Waals surface area contributed by atoms with Gasteiger partial charge in [-0.15, -0.1) is 0 Å². The third-order valence-electron chi connectivity index (χ3n) is 3.13. The van der Waals surface area contributed by atoms with Crippen molar-refractivity contribution >= 4 is 11.4 Å². The van der Waals surface area contributed by atoms with Gasteiger partial charge in [0, 0.05) is 0 Å². The van der Waals surface area contributed by atoms with E-state index in [1.165, 1.54) is 0 Å². The maximum Gasteiger partial charge on any atom is 0.161 e. The van der Waals surface area contributed by atoms with Crippen LogP contribution in [0.1, 0.15) is 18.1 Å². The monoisotopic (exact) mass is 282 g/mol. The number of rotatable bonds is 5. The van der Waals surface area contributed by atoms with Crippen LogP contribution in [0.15, 0.2) is 54.6 Å². The molecule has 0 aliphatic carbocycles. The lowest BCUT2D eigenvalue weighted by atomic mass is 9.96. The van der Waals surface area contributed by atoms with Crippen molar-refractivity contribution in [2.45, 2.75) is 6.92 Å². The molecular formula is C18H18O3. The maximum atomic E-state index is 11.5. The molecule has 3 nitrogen and oxygen atoms in total. The van der Waals surface area contributed by atoms with Gasteiger partial charge in [0.05, 0.1) is 14.2 Å². The molecule has 0 aromatic heterocycles. The number of hydrogen-bond donors (Lipinski definition) is 0. The highest BCUT2D eigenvalue weighted by atomic mass is 16.5. The summed E-state index contributed by atoms with van der Waals surface area (Å²) < 4.78 is 10.6. The molecule has 21 heavy (non-hydrogen) atoms. The van der Waals surface area contributed by atoms with E-state index in [9.17, 15) is 4.79 Å². The molecule has 0 amide bonds. The minimum absolute atomic E-state index is 0.00337. The van der Waals surface area contributed by atoms with E-state index < -0.39 is 0 Å². The highest BCUT2D eigenvalue weighted by Gasteiger charge is 2.10. The Morgan fingerprint density at radius 2 is 1.57 bits per heavy atom. The minimum Gasteiger partial charge on any atom is -0.493 e. The van der Waals surface area contributed by atoms with Gasteiger partial charge in [-0.1, -0.05) is 36.4 Å². The molecule has 0 saturated carbocycles. The van der Waals surface area contributed by atoms with E-state index >= 15 is 0 Å². The van der Waals surface area contributed by atoms with Gasteiger partial charge in [0.25, 0.3) is 0 Å². The molecule has 0 heterocycles. The van der Waals surface area contributed by atoms with E-state index in [2.05, 4.69) is 0 Å². The predicted octanol–water partition coefficient (Wildman–Crippen LogP) is 3.72. The molecule has 0 fully saturated rings. The van der Waals surface area contributed by atoms with Crippen LogP contribution in [-0.4, -0.2) is 20.0 Å². The summed E-state index contributed by atoms with van der Waals surface area (Å²) in [5.74, 6) is 1.31. The van der Waals surface area contributed by atoms with E-state index in [4.69, 9.17) is 9.47 Å². The van der Waals surface area contributed by atoms with Gasteiger partial charge in [-0.2, -0.15) is 0 Å². The second kappa shape index (κ2) is 6.75. The van der Waals surface area contributed by atoms with Crippen molar-refractivity contribution in [1.29, 1.82) is 0 Å². The zero-order valence-electron chi connectivity index (χ0n) is 12.4. The summed E-state index contributed by atoms with van der Waals surface area (Å²) in [5.41, 5.74) is 2.76. The number of methoxy groups -OCH3 is 2. The molecule has 0 aliphatic heterocycles.